The lowest BCUT2D eigenvalue weighted by molar-refractivity contribution is -0.125. The van der Waals surface area contributed by atoms with Gasteiger partial charge in [-0.3, -0.25) is 9.59 Å². The van der Waals surface area contributed by atoms with E-state index in [1.54, 1.807) is 20.8 Å². The molecule has 0 radical (unpaired) electrons. The number of rotatable bonds is 10. The number of amides is 2. The smallest absolute Gasteiger partial charge is 0.338 e. The first-order valence-corrected chi connectivity index (χ1v) is 13.6. The number of carbonyl (C=O) groups excluding carboxylic acids is 3. The topological polar surface area (TPSA) is 120 Å². The van der Waals surface area contributed by atoms with Crippen molar-refractivity contribution in [2.75, 3.05) is 32.3 Å². The minimum atomic E-state index is -4.28. The van der Waals surface area contributed by atoms with Gasteiger partial charge in [0, 0.05) is 14.2 Å². The van der Waals surface area contributed by atoms with Crippen LogP contribution in [-0.4, -0.2) is 70.2 Å². The van der Waals surface area contributed by atoms with Gasteiger partial charge in [-0.15, -0.1) is 0 Å². The van der Waals surface area contributed by atoms with Gasteiger partial charge in [-0.05, 0) is 81.1 Å². The van der Waals surface area contributed by atoms with E-state index in [0.717, 1.165) is 20.3 Å². The quantitative estimate of drug-likeness (QED) is 0.253. The van der Waals surface area contributed by atoms with Gasteiger partial charge in [0.2, 0.25) is 15.9 Å². The van der Waals surface area contributed by atoms with E-state index in [4.69, 9.17) is 14.2 Å². The minimum absolute atomic E-state index is 0.0958. The Morgan fingerprint density at radius 2 is 1.58 bits per heavy atom. The van der Waals surface area contributed by atoms with Crippen molar-refractivity contribution in [2.45, 2.75) is 58.3 Å². The highest BCUT2D eigenvalue weighted by Gasteiger charge is 2.48. The molecule has 3 rings (SSSR count). The minimum Gasteiger partial charge on any atom is -0.462 e. The average Bonchev–Trinajstić information content (AvgIpc) is 3.16. The van der Waals surface area contributed by atoms with Crippen molar-refractivity contribution in [3.8, 4) is 0 Å². The van der Waals surface area contributed by atoms with Crippen LogP contribution < -0.4 is 4.90 Å². The second kappa shape index (κ2) is 11.7. The fourth-order valence-corrected chi connectivity index (χ4v) is 6.69. The average molecular weight is 547 g/mol. The maximum absolute atomic E-state index is 14.2. The lowest BCUT2D eigenvalue weighted by atomic mass is 10.0. The second-order valence-electron chi connectivity index (χ2n) is 9.12. The van der Waals surface area contributed by atoms with Crippen molar-refractivity contribution >= 4 is 33.5 Å². The molecule has 206 valence electrons. The first-order valence-electron chi connectivity index (χ1n) is 12.2. The van der Waals surface area contributed by atoms with Gasteiger partial charge in [0.1, 0.15) is 6.04 Å². The summed E-state index contributed by atoms with van der Waals surface area (Å²) >= 11 is 0. The third-order valence-corrected chi connectivity index (χ3v) is 8.98. The number of hydrogen-bond acceptors (Lipinski definition) is 8. The fourth-order valence-electron chi connectivity index (χ4n) is 4.54. The maximum Gasteiger partial charge on any atom is 0.338 e. The second-order valence-corrected chi connectivity index (χ2v) is 10.9. The molecule has 0 aromatic heterocycles. The van der Waals surface area contributed by atoms with Crippen molar-refractivity contribution in [1.29, 1.82) is 0 Å². The number of carbonyl (C=O) groups is 3. The van der Waals surface area contributed by atoms with Crippen molar-refractivity contribution in [2.24, 2.45) is 0 Å². The molecule has 1 fully saturated rings. The number of anilines is 1. The number of aryl methyl sites for hydroxylation is 2. The molecule has 1 unspecified atom stereocenters. The van der Waals surface area contributed by atoms with Crippen molar-refractivity contribution < 1.29 is 37.0 Å². The van der Waals surface area contributed by atoms with Crippen LogP contribution >= 0.6 is 0 Å². The monoisotopic (exact) mass is 546 g/mol. The molecule has 0 bridgehead atoms. The molecule has 0 N–H and O–H groups in total. The highest BCUT2D eigenvalue weighted by molar-refractivity contribution is 7.89. The molecule has 0 aliphatic carbocycles. The van der Waals surface area contributed by atoms with Gasteiger partial charge in [0.15, 0.2) is 6.29 Å². The molecule has 1 aliphatic rings. The molecule has 2 aromatic rings. The van der Waals surface area contributed by atoms with E-state index in [-0.39, 0.29) is 35.7 Å². The summed E-state index contributed by atoms with van der Waals surface area (Å²) in [5.74, 6) is -1.80. The molecule has 10 nitrogen and oxygen atoms in total. The Morgan fingerprint density at radius 1 is 1.03 bits per heavy atom. The lowest BCUT2D eigenvalue weighted by Gasteiger charge is -2.31. The van der Waals surface area contributed by atoms with E-state index in [2.05, 4.69) is 0 Å². The highest BCUT2D eigenvalue weighted by atomic mass is 32.2. The van der Waals surface area contributed by atoms with Crippen LogP contribution in [0.25, 0.3) is 0 Å². The Bertz CT molecular complexity index is 1310. The van der Waals surface area contributed by atoms with Crippen LogP contribution in [0.5, 0.6) is 0 Å². The molecule has 2 aromatic carbocycles. The van der Waals surface area contributed by atoms with Gasteiger partial charge >= 0.3 is 5.97 Å². The normalized spacial score (nSPS) is 16.1. The summed E-state index contributed by atoms with van der Waals surface area (Å²) in [6, 6.07) is 6.40. The number of esters is 1. The van der Waals surface area contributed by atoms with Gasteiger partial charge < -0.3 is 14.2 Å². The molecule has 1 atom stereocenters. The van der Waals surface area contributed by atoms with E-state index in [0.29, 0.717) is 11.1 Å². The Morgan fingerprint density at radius 3 is 2.08 bits per heavy atom. The van der Waals surface area contributed by atoms with Crippen LogP contribution in [-0.2, 0) is 33.8 Å². The molecule has 1 saturated heterocycles. The molecule has 2 amide bonds. The third-order valence-electron chi connectivity index (χ3n) is 6.83. The van der Waals surface area contributed by atoms with E-state index in [1.165, 1.54) is 38.5 Å². The molecule has 11 heteroatoms. The summed E-state index contributed by atoms with van der Waals surface area (Å²) in [4.78, 5) is 39.8. The predicted molar refractivity (Wildman–Crippen MR) is 140 cm³/mol. The van der Waals surface area contributed by atoms with Gasteiger partial charge in [-0.25, -0.2) is 18.1 Å². The maximum atomic E-state index is 14.2. The highest BCUT2D eigenvalue weighted by Crippen LogP contribution is 2.34. The molecule has 1 aliphatic heterocycles. The van der Waals surface area contributed by atoms with Gasteiger partial charge in [-0.2, -0.15) is 4.31 Å². The van der Waals surface area contributed by atoms with E-state index < -0.39 is 40.1 Å². The fraction of sp³-hybridized carbons (Fsp3) is 0.444. The lowest BCUT2D eigenvalue weighted by Crippen LogP contribution is -2.49. The zero-order chi connectivity index (χ0) is 28.4. The van der Waals surface area contributed by atoms with Crippen molar-refractivity contribution in [1.82, 2.24) is 4.31 Å². The summed E-state index contributed by atoms with van der Waals surface area (Å²) in [5, 5.41) is 0. The number of imide groups is 1. The van der Waals surface area contributed by atoms with Gasteiger partial charge in [0.25, 0.3) is 5.91 Å². The zero-order valence-corrected chi connectivity index (χ0v) is 23.5. The van der Waals surface area contributed by atoms with Crippen LogP contribution in [0, 0.1) is 27.7 Å². The van der Waals surface area contributed by atoms with Gasteiger partial charge in [0.05, 0.1) is 35.7 Å². The van der Waals surface area contributed by atoms with Crippen molar-refractivity contribution in [3.63, 3.8) is 0 Å². The van der Waals surface area contributed by atoms with Crippen LogP contribution in [0.15, 0.2) is 35.2 Å². The van der Waals surface area contributed by atoms with Crippen LogP contribution in [0.2, 0.25) is 0 Å². The molecule has 0 spiro atoms. The third kappa shape index (κ3) is 5.51. The van der Waals surface area contributed by atoms with Crippen LogP contribution in [0.3, 0.4) is 0 Å². The Balaban J connectivity index is 2.07. The van der Waals surface area contributed by atoms with E-state index >= 15 is 0 Å². The molecule has 38 heavy (non-hydrogen) atoms. The first-order chi connectivity index (χ1) is 17.9. The van der Waals surface area contributed by atoms with E-state index in [9.17, 15) is 22.8 Å². The summed E-state index contributed by atoms with van der Waals surface area (Å²) in [7, 11) is -1.55. The van der Waals surface area contributed by atoms with Gasteiger partial charge in [-0.1, -0.05) is 6.07 Å². The summed E-state index contributed by atoms with van der Waals surface area (Å²) in [6.07, 6.45) is -1.34. The Labute approximate surface area is 223 Å². The Kier molecular flexibility index (Phi) is 9.09. The standard InChI is InChI=1S/C27H34N2O8S/c1-8-37-27(32)20-9-11-21(12-10-20)29-23(30)14-22(26(29)31)28(15-24(35-6)36-7)38(33,34)25-18(4)16(2)13-17(3)19(25)5/h9-13,22,24H,8,14-15H2,1-7H3. The Hall–Kier alpha value is -3.12. The number of benzene rings is 2. The number of ether oxygens (including phenoxy) is 3. The molecular formula is C27H34N2O8S. The predicted octanol–water partition coefficient (Wildman–Crippen LogP) is 3.04. The number of hydrogen-bond donors (Lipinski definition) is 0. The largest absolute Gasteiger partial charge is 0.462 e. The number of nitrogens with zero attached hydrogens (tertiary/aromatic N) is 2. The summed E-state index contributed by atoms with van der Waals surface area (Å²) in [5.41, 5.74) is 3.19. The van der Waals surface area contributed by atoms with Crippen LogP contribution in [0.4, 0.5) is 5.69 Å². The van der Waals surface area contributed by atoms with Crippen LogP contribution in [0.1, 0.15) is 46.0 Å². The molecular weight excluding hydrogens is 512 g/mol. The zero-order valence-electron chi connectivity index (χ0n) is 22.7. The summed E-state index contributed by atoms with van der Waals surface area (Å²) < 4.78 is 44.9. The summed E-state index contributed by atoms with van der Waals surface area (Å²) in [6.45, 7) is 8.67. The number of methoxy groups -OCH3 is 2. The van der Waals surface area contributed by atoms with E-state index in [1.807, 2.05) is 19.9 Å². The SMILES string of the molecule is CCOC(=O)c1ccc(N2C(=O)CC(N(CC(OC)OC)S(=O)(=O)c3c(C)c(C)cc(C)c3C)C2=O)cc1. The molecule has 1 heterocycles. The van der Waals surface area contributed by atoms with Crippen molar-refractivity contribution in [3.05, 3.63) is 58.1 Å². The first kappa shape index (κ1) is 29.4. The number of sulfonamides is 1. The molecule has 0 saturated carbocycles.